The van der Waals surface area contributed by atoms with Crippen molar-refractivity contribution >= 4 is 0 Å². The predicted octanol–water partition coefficient (Wildman–Crippen LogP) is 2.26. The van der Waals surface area contributed by atoms with Crippen molar-refractivity contribution in [3.8, 4) is 0 Å². The van der Waals surface area contributed by atoms with E-state index >= 15 is 0 Å². The molecule has 1 aliphatic carbocycles. The van der Waals surface area contributed by atoms with Crippen molar-refractivity contribution in [1.82, 2.24) is 15.1 Å². The molecule has 0 spiro atoms. The van der Waals surface area contributed by atoms with E-state index in [0.29, 0.717) is 12.1 Å². The average molecular weight is 207 g/mol. The van der Waals surface area contributed by atoms with Crippen LogP contribution in [0.15, 0.2) is 12.4 Å². The molecule has 2 atom stereocenters. The van der Waals surface area contributed by atoms with Gasteiger partial charge in [0.1, 0.15) is 0 Å². The zero-order chi connectivity index (χ0) is 10.8. The Morgan fingerprint density at radius 3 is 2.80 bits per heavy atom. The molecule has 0 amide bonds. The highest BCUT2D eigenvalue weighted by Crippen LogP contribution is 2.33. The molecule has 0 aromatic carbocycles. The minimum atomic E-state index is 0.410. The Kier molecular flexibility index (Phi) is 3.10. The maximum Gasteiger partial charge on any atom is 0.0537 e. The van der Waals surface area contributed by atoms with E-state index in [9.17, 15) is 0 Å². The second-order valence-electron chi connectivity index (χ2n) is 4.92. The summed E-state index contributed by atoms with van der Waals surface area (Å²) >= 11 is 0. The molecule has 2 rings (SSSR count). The highest BCUT2D eigenvalue weighted by Gasteiger charge is 2.24. The van der Waals surface area contributed by atoms with Crippen LogP contribution in [0.4, 0.5) is 0 Å². The molecule has 1 aromatic heterocycles. The Labute approximate surface area is 91.9 Å². The Morgan fingerprint density at radius 1 is 1.53 bits per heavy atom. The molecule has 1 aliphatic rings. The van der Waals surface area contributed by atoms with Gasteiger partial charge in [0.25, 0.3) is 0 Å². The summed E-state index contributed by atoms with van der Waals surface area (Å²) in [5.74, 6) is 0.994. The van der Waals surface area contributed by atoms with E-state index in [1.807, 2.05) is 17.9 Å². The quantitative estimate of drug-likeness (QED) is 0.802. The summed E-state index contributed by atoms with van der Waals surface area (Å²) in [5.41, 5.74) is 1.28. The lowest BCUT2D eigenvalue weighted by Crippen LogP contribution is -2.29. The standard InChI is InChI=1S/C12H21N3/c1-9(6-11-4-5-11)14-10(2)12-7-13-15(3)8-12/h7-11,14H,4-6H2,1-3H3. The molecule has 1 fully saturated rings. The molecule has 84 valence electrons. The normalized spacial score (nSPS) is 20.2. The fourth-order valence-corrected chi connectivity index (χ4v) is 2.11. The Morgan fingerprint density at radius 2 is 2.27 bits per heavy atom. The van der Waals surface area contributed by atoms with Crippen molar-refractivity contribution in [2.75, 3.05) is 0 Å². The second kappa shape index (κ2) is 4.35. The largest absolute Gasteiger partial charge is 0.308 e. The predicted molar refractivity (Wildman–Crippen MR) is 61.6 cm³/mol. The molecule has 1 saturated carbocycles. The highest BCUT2D eigenvalue weighted by molar-refractivity contribution is 5.09. The van der Waals surface area contributed by atoms with Crippen LogP contribution in [0, 0.1) is 5.92 Å². The molecule has 15 heavy (non-hydrogen) atoms. The van der Waals surface area contributed by atoms with Gasteiger partial charge in [0.2, 0.25) is 0 Å². The number of nitrogens with zero attached hydrogens (tertiary/aromatic N) is 2. The van der Waals surface area contributed by atoms with Crippen LogP contribution in [0.1, 0.15) is 44.7 Å². The molecular formula is C12H21N3. The number of aryl methyl sites for hydroxylation is 1. The number of hydrogen-bond donors (Lipinski definition) is 1. The molecule has 3 heteroatoms. The smallest absolute Gasteiger partial charge is 0.0537 e. The first-order chi connectivity index (χ1) is 7.15. The maximum absolute atomic E-state index is 4.19. The van der Waals surface area contributed by atoms with Crippen LogP contribution in [0.3, 0.4) is 0 Å². The topological polar surface area (TPSA) is 29.9 Å². The van der Waals surface area contributed by atoms with E-state index in [1.165, 1.54) is 24.8 Å². The summed E-state index contributed by atoms with van der Waals surface area (Å²) in [4.78, 5) is 0. The third-order valence-electron chi connectivity index (χ3n) is 3.14. The van der Waals surface area contributed by atoms with Crippen LogP contribution in [-0.2, 0) is 7.05 Å². The molecule has 1 N–H and O–H groups in total. The lowest BCUT2D eigenvalue weighted by atomic mass is 10.1. The first-order valence-electron chi connectivity index (χ1n) is 5.89. The van der Waals surface area contributed by atoms with Gasteiger partial charge in [-0.25, -0.2) is 0 Å². The van der Waals surface area contributed by atoms with Gasteiger partial charge >= 0.3 is 0 Å². The van der Waals surface area contributed by atoms with Crippen LogP contribution in [0.5, 0.6) is 0 Å². The Balaban J connectivity index is 1.82. The van der Waals surface area contributed by atoms with Crippen molar-refractivity contribution in [3.63, 3.8) is 0 Å². The molecule has 2 unspecified atom stereocenters. The molecule has 1 heterocycles. The fourth-order valence-electron chi connectivity index (χ4n) is 2.11. The summed E-state index contributed by atoms with van der Waals surface area (Å²) < 4.78 is 1.86. The Hall–Kier alpha value is -0.830. The van der Waals surface area contributed by atoms with Gasteiger partial charge in [0.15, 0.2) is 0 Å². The average Bonchev–Trinajstić information content (AvgIpc) is 2.85. The monoisotopic (exact) mass is 207 g/mol. The maximum atomic E-state index is 4.19. The van der Waals surface area contributed by atoms with E-state index in [2.05, 4.69) is 30.5 Å². The van der Waals surface area contributed by atoms with Crippen molar-refractivity contribution in [2.45, 2.75) is 45.2 Å². The lowest BCUT2D eigenvalue weighted by Gasteiger charge is -2.18. The third-order valence-corrected chi connectivity index (χ3v) is 3.14. The first kappa shape index (κ1) is 10.7. The summed E-state index contributed by atoms with van der Waals surface area (Å²) in [6.45, 7) is 4.49. The minimum Gasteiger partial charge on any atom is -0.308 e. The molecule has 0 aliphatic heterocycles. The zero-order valence-corrected chi connectivity index (χ0v) is 9.90. The van der Waals surface area contributed by atoms with E-state index in [4.69, 9.17) is 0 Å². The van der Waals surface area contributed by atoms with Gasteiger partial charge in [-0.1, -0.05) is 12.8 Å². The number of hydrogen-bond acceptors (Lipinski definition) is 2. The van der Waals surface area contributed by atoms with Crippen molar-refractivity contribution < 1.29 is 0 Å². The lowest BCUT2D eigenvalue weighted by molar-refractivity contribution is 0.438. The number of rotatable bonds is 5. The zero-order valence-electron chi connectivity index (χ0n) is 9.90. The summed E-state index contributed by atoms with van der Waals surface area (Å²) in [5, 5.41) is 7.82. The number of aromatic nitrogens is 2. The Bertz CT molecular complexity index is 314. The van der Waals surface area contributed by atoms with Gasteiger partial charge in [-0.05, 0) is 26.2 Å². The molecule has 0 saturated heterocycles. The summed E-state index contributed by atoms with van der Waals surface area (Å²) in [6.07, 6.45) is 8.23. The minimum absolute atomic E-state index is 0.410. The van der Waals surface area contributed by atoms with Crippen LogP contribution >= 0.6 is 0 Å². The van der Waals surface area contributed by atoms with Gasteiger partial charge in [-0.2, -0.15) is 5.10 Å². The summed E-state index contributed by atoms with van der Waals surface area (Å²) in [7, 11) is 1.96. The molecular weight excluding hydrogens is 186 g/mol. The van der Waals surface area contributed by atoms with E-state index < -0.39 is 0 Å². The van der Waals surface area contributed by atoms with Crippen LogP contribution in [0.25, 0.3) is 0 Å². The molecule has 3 nitrogen and oxygen atoms in total. The van der Waals surface area contributed by atoms with E-state index in [0.717, 1.165) is 5.92 Å². The number of nitrogens with one attached hydrogen (secondary N) is 1. The van der Waals surface area contributed by atoms with Crippen molar-refractivity contribution in [1.29, 1.82) is 0 Å². The molecule has 0 bridgehead atoms. The SMILES string of the molecule is CC(CC1CC1)NC(C)c1cnn(C)c1. The molecule has 1 aromatic rings. The van der Waals surface area contributed by atoms with E-state index in [1.54, 1.807) is 0 Å². The van der Waals surface area contributed by atoms with Crippen LogP contribution < -0.4 is 5.32 Å². The van der Waals surface area contributed by atoms with Crippen LogP contribution in [0.2, 0.25) is 0 Å². The van der Waals surface area contributed by atoms with Gasteiger partial charge in [0.05, 0.1) is 6.20 Å². The summed E-state index contributed by atoms with van der Waals surface area (Å²) in [6, 6.07) is 1.03. The third kappa shape index (κ3) is 3.06. The van der Waals surface area contributed by atoms with Gasteiger partial charge < -0.3 is 5.32 Å². The van der Waals surface area contributed by atoms with Crippen LogP contribution in [-0.4, -0.2) is 15.8 Å². The second-order valence-corrected chi connectivity index (χ2v) is 4.92. The van der Waals surface area contributed by atoms with Gasteiger partial charge in [0, 0.05) is 30.9 Å². The van der Waals surface area contributed by atoms with E-state index in [-0.39, 0.29) is 0 Å². The van der Waals surface area contributed by atoms with Crippen molar-refractivity contribution in [3.05, 3.63) is 18.0 Å². The first-order valence-corrected chi connectivity index (χ1v) is 5.89. The highest BCUT2D eigenvalue weighted by atomic mass is 15.2. The van der Waals surface area contributed by atoms with Gasteiger partial charge in [-0.15, -0.1) is 0 Å². The van der Waals surface area contributed by atoms with Gasteiger partial charge in [-0.3, -0.25) is 4.68 Å². The van der Waals surface area contributed by atoms with Crippen molar-refractivity contribution in [2.24, 2.45) is 13.0 Å². The fraction of sp³-hybridized carbons (Fsp3) is 0.750. The molecule has 0 radical (unpaired) electrons.